The van der Waals surface area contributed by atoms with Gasteiger partial charge < -0.3 is 10.5 Å². The largest absolute Gasteiger partial charge is 0.370 e. The number of hydrogen-bond acceptors (Lipinski definition) is 4. The second-order valence-electron chi connectivity index (χ2n) is 5.24. The fourth-order valence-electron chi connectivity index (χ4n) is 1.72. The summed E-state index contributed by atoms with van der Waals surface area (Å²) in [6.07, 6.45) is 1.72. The number of hydrogen-bond donors (Lipinski definition) is 1. The maximum atomic E-state index is 5.76. The molecule has 1 aromatic heterocycles. The maximum Gasteiger partial charge on any atom is 0.157 e. The normalized spacial score (nSPS) is 13.8. The van der Waals surface area contributed by atoms with Gasteiger partial charge in [-0.2, -0.15) is 0 Å². The van der Waals surface area contributed by atoms with Crippen LogP contribution in [0.15, 0.2) is 6.20 Å². The van der Waals surface area contributed by atoms with Gasteiger partial charge in [0, 0.05) is 30.6 Å². The number of nitrogens with two attached hydrogens (primary N) is 1. The van der Waals surface area contributed by atoms with Crippen LogP contribution in [0.25, 0.3) is 0 Å². The van der Waals surface area contributed by atoms with E-state index in [1.165, 1.54) is 0 Å². The van der Waals surface area contributed by atoms with Crippen molar-refractivity contribution in [1.29, 1.82) is 0 Å². The molecule has 0 radical (unpaired) electrons. The summed E-state index contributed by atoms with van der Waals surface area (Å²) in [5.74, 6) is 0.744. The Morgan fingerprint density at radius 1 is 1.41 bits per heavy atom. The predicted molar refractivity (Wildman–Crippen MR) is 68.5 cm³/mol. The minimum atomic E-state index is -0.0852. The smallest absolute Gasteiger partial charge is 0.157 e. The monoisotopic (exact) mass is 237 g/mol. The Hall–Kier alpha value is -1.00. The molecular formula is C13H23N3O. The van der Waals surface area contributed by atoms with Gasteiger partial charge in [0.25, 0.3) is 0 Å². The van der Waals surface area contributed by atoms with Crippen LogP contribution in [-0.2, 0) is 11.3 Å². The zero-order chi connectivity index (χ0) is 13.1. The molecule has 17 heavy (non-hydrogen) atoms. The first-order chi connectivity index (χ1) is 7.90. The Balaban J connectivity index is 3.07. The Labute approximate surface area is 104 Å². The molecule has 0 spiro atoms. The second kappa shape index (κ2) is 5.56. The molecule has 96 valence electrons. The summed E-state index contributed by atoms with van der Waals surface area (Å²) in [5, 5.41) is 0. The zero-order valence-corrected chi connectivity index (χ0v) is 11.4. The molecule has 1 unspecified atom stereocenters. The van der Waals surface area contributed by atoms with E-state index in [0.717, 1.165) is 17.1 Å². The summed E-state index contributed by atoms with van der Waals surface area (Å²) in [6, 6.07) is 0. The molecule has 0 aromatic carbocycles. The molecule has 4 heteroatoms. The summed E-state index contributed by atoms with van der Waals surface area (Å²) in [4.78, 5) is 8.89. The van der Waals surface area contributed by atoms with Crippen molar-refractivity contribution in [1.82, 2.24) is 9.97 Å². The third-order valence-electron chi connectivity index (χ3n) is 2.67. The van der Waals surface area contributed by atoms with Crippen molar-refractivity contribution in [2.45, 2.75) is 47.3 Å². The predicted octanol–water partition coefficient (Wildman–Crippen LogP) is 2.37. The Morgan fingerprint density at radius 2 is 2.06 bits per heavy atom. The van der Waals surface area contributed by atoms with Crippen molar-refractivity contribution in [2.75, 3.05) is 6.61 Å². The highest BCUT2D eigenvalue weighted by Gasteiger charge is 2.29. The standard InChI is InChI=1S/C13H23N3O/c1-6-17-11(13(3,4)5)12-15-8-10(7-14)9(2)16-12/h8,11H,6-7,14H2,1-5H3. The van der Waals surface area contributed by atoms with Gasteiger partial charge in [-0.1, -0.05) is 20.8 Å². The minimum Gasteiger partial charge on any atom is -0.370 e. The molecule has 0 saturated heterocycles. The molecule has 1 atom stereocenters. The molecule has 0 bridgehead atoms. The van der Waals surface area contributed by atoms with E-state index in [0.29, 0.717) is 13.2 Å². The SMILES string of the molecule is CCOC(c1ncc(CN)c(C)n1)C(C)(C)C. The average molecular weight is 237 g/mol. The molecule has 0 saturated carbocycles. The Morgan fingerprint density at radius 3 is 2.47 bits per heavy atom. The molecule has 4 nitrogen and oxygen atoms in total. The molecular weight excluding hydrogens is 214 g/mol. The highest BCUT2D eigenvalue weighted by Crippen LogP contribution is 2.34. The van der Waals surface area contributed by atoms with Gasteiger partial charge in [-0.3, -0.25) is 0 Å². The van der Waals surface area contributed by atoms with Crippen LogP contribution in [0.5, 0.6) is 0 Å². The van der Waals surface area contributed by atoms with Crippen LogP contribution in [0.3, 0.4) is 0 Å². The summed E-state index contributed by atoms with van der Waals surface area (Å²) >= 11 is 0. The highest BCUT2D eigenvalue weighted by atomic mass is 16.5. The van der Waals surface area contributed by atoms with Crippen LogP contribution in [0.4, 0.5) is 0 Å². The number of aryl methyl sites for hydroxylation is 1. The molecule has 1 rings (SSSR count). The summed E-state index contributed by atoms with van der Waals surface area (Å²) in [6.45, 7) is 11.5. The lowest BCUT2D eigenvalue weighted by Crippen LogP contribution is -2.24. The first kappa shape index (κ1) is 14.1. The van der Waals surface area contributed by atoms with Crippen molar-refractivity contribution in [2.24, 2.45) is 11.1 Å². The van der Waals surface area contributed by atoms with Gasteiger partial charge in [0.15, 0.2) is 5.82 Å². The molecule has 1 heterocycles. The first-order valence-electron chi connectivity index (χ1n) is 6.04. The van der Waals surface area contributed by atoms with Crippen LogP contribution in [-0.4, -0.2) is 16.6 Å². The van der Waals surface area contributed by atoms with Gasteiger partial charge in [-0.25, -0.2) is 9.97 Å². The molecule has 0 amide bonds. The number of ether oxygens (including phenoxy) is 1. The third-order valence-corrected chi connectivity index (χ3v) is 2.67. The van der Waals surface area contributed by atoms with Gasteiger partial charge in [-0.15, -0.1) is 0 Å². The van der Waals surface area contributed by atoms with Crippen molar-refractivity contribution in [3.8, 4) is 0 Å². The van der Waals surface area contributed by atoms with E-state index in [1.54, 1.807) is 6.20 Å². The van der Waals surface area contributed by atoms with Gasteiger partial charge in [0.1, 0.15) is 6.10 Å². The number of rotatable bonds is 4. The van der Waals surface area contributed by atoms with Gasteiger partial charge in [0.2, 0.25) is 0 Å². The Kier molecular flexibility index (Phi) is 4.60. The van der Waals surface area contributed by atoms with Crippen LogP contribution in [0.1, 0.15) is 50.9 Å². The van der Waals surface area contributed by atoms with Gasteiger partial charge in [-0.05, 0) is 19.3 Å². The van der Waals surface area contributed by atoms with Crippen LogP contribution < -0.4 is 5.73 Å². The fraction of sp³-hybridized carbons (Fsp3) is 0.692. The number of nitrogens with zero attached hydrogens (tertiary/aromatic N) is 2. The van der Waals surface area contributed by atoms with E-state index >= 15 is 0 Å². The maximum absolute atomic E-state index is 5.76. The average Bonchev–Trinajstić information content (AvgIpc) is 2.24. The molecule has 0 fully saturated rings. The van der Waals surface area contributed by atoms with Gasteiger partial charge in [0.05, 0.1) is 0 Å². The van der Waals surface area contributed by atoms with Crippen LogP contribution in [0, 0.1) is 12.3 Å². The lowest BCUT2D eigenvalue weighted by atomic mass is 9.88. The lowest BCUT2D eigenvalue weighted by molar-refractivity contribution is -0.0192. The summed E-state index contributed by atoms with van der Waals surface area (Å²) < 4.78 is 5.76. The summed E-state index contributed by atoms with van der Waals surface area (Å²) in [5.41, 5.74) is 7.51. The van der Waals surface area contributed by atoms with E-state index in [9.17, 15) is 0 Å². The van der Waals surface area contributed by atoms with Crippen molar-refractivity contribution in [3.05, 3.63) is 23.3 Å². The van der Waals surface area contributed by atoms with E-state index in [1.807, 2.05) is 13.8 Å². The molecule has 0 aliphatic heterocycles. The van der Waals surface area contributed by atoms with Crippen molar-refractivity contribution < 1.29 is 4.74 Å². The molecule has 0 aliphatic carbocycles. The minimum absolute atomic E-state index is 0.0211. The molecule has 2 N–H and O–H groups in total. The topological polar surface area (TPSA) is 61.0 Å². The van der Waals surface area contributed by atoms with E-state index in [4.69, 9.17) is 10.5 Å². The zero-order valence-electron chi connectivity index (χ0n) is 11.4. The van der Waals surface area contributed by atoms with Gasteiger partial charge >= 0.3 is 0 Å². The van der Waals surface area contributed by atoms with E-state index in [-0.39, 0.29) is 11.5 Å². The van der Waals surface area contributed by atoms with Crippen LogP contribution in [0.2, 0.25) is 0 Å². The molecule has 0 aliphatic rings. The summed E-state index contributed by atoms with van der Waals surface area (Å²) in [7, 11) is 0. The first-order valence-corrected chi connectivity index (χ1v) is 6.04. The van der Waals surface area contributed by atoms with Crippen molar-refractivity contribution in [3.63, 3.8) is 0 Å². The van der Waals surface area contributed by atoms with Crippen molar-refractivity contribution >= 4 is 0 Å². The van der Waals surface area contributed by atoms with E-state index < -0.39 is 0 Å². The highest BCUT2D eigenvalue weighted by molar-refractivity contribution is 5.16. The quantitative estimate of drug-likeness (QED) is 0.873. The second-order valence-corrected chi connectivity index (χ2v) is 5.24. The number of aromatic nitrogens is 2. The van der Waals surface area contributed by atoms with E-state index in [2.05, 4.69) is 30.7 Å². The molecule has 1 aromatic rings. The third kappa shape index (κ3) is 3.48. The lowest BCUT2D eigenvalue weighted by Gasteiger charge is -2.29. The van der Waals surface area contributed by atoms with Crippen LogP contribution >= 0.6 is 0 Å². The fourth-order valence-corrected chi connectivity index (χ4v) is 1.72. The Bertz CT molecular complexity index is 371.